The first kappa shape index (κ1) is 17.9. The Kier molecular flexibility index (Phi) is 5.30. The molecule has 0 bridgehead atoms. The van der Waals surface area contributed by atoms with Gasteiger partial charge in [0, 0.05) is 18.0 Å². The molecule has 2 heterocycles. The zero-order chi connectivity index (χ0) is 18.6. The van der Waals surface area contributed by atoms with Crippen LogP contribution in [0.5, 0.6) is 11.5 Å². The minimum Gasteiger partial charge on any atom is -0.497 e. The number of hydrogen-bond donors (Lipinski definition) is 2. The van der Waals surface area contributed by atoms with Crippen LogP contribution in [-0.4, -0.2) is 32.7 Å². The van der Waals surface area contributed by atoms with Crippen molar-refractivity contribution in [1.82, 2.24) is 10.6 Å². The normalized spacial score (nSPS) is 21.9. The number of rotatable bonds is 5. The molecule has 27 heavy (non-hydrogen) atoms. The molecule has 0 aliphatic carbocycles. The Bertz CT molecular complexity index is 804. The van der Waals surface area contributed by atoms with Crippen LogP contribution < -0.4 is 20.1 Å². The molecule has 2 aromatic carbocycles. The lowest BCUT2D eigenvalue weighted by atomic mass is 9.83. The lowest BCUT2D eigenvalue weighted by molar-refractivity contribution is 0.0965. The Labute approximate surface area is 160 Å². The van der Waals surface area contributed by atoms with Crippen molar-refractivity contribution >= 4 is 5.91 Å². The van der Waals surface area contributed by atoms with Gasteiger partial charge in [0.25, 0.3) is 5.91 Å². The number of methoxy groups -OCH3 is 1. The molecule has 1 saturated heterocycles. The molecule has 0 spiro atoms. The Hall–Kier alpha value is -2.53. The molecular formula is C22H26N2O3. The molecule has 142 valence electrons. The van der Waals surface area contributed by atoms with Crippen LogP contribution in [0.25, 0.3) is 0 Å². The van der Waals surface area contributed by atoms with E-state index >= 15 is 0 Å². The first-order chi connectivity index (χ1) is 13.2. The molecule has 5 heteroatoms. The van der Waals surface area contributed by atoms with Gasteiger partial charge < -0.3 is 20.1 Å². The van der Waals surface area contributed by atoms with Gasteiger partial charge in [-0.3, -0.25) is 4.79 Å². The fraction of sp³-hybridized carbons (Fsp3) is 0.409. The molecule has 5 nitrogen and oxygen atoms in total. The van der Waals surface area contributed by atoms with Gasteiger partial charge in [0.1, 0.15) is 11.5 Å². The van der Waals surface area contributed by atoms with E-state index in [0.29, 0.717) is 25.0 Å². The SMILES string of the molecule is COc1ccc([C@@H]2CCNCC[C@H]2COc2ccc3c(c2)C(=O)NC3)cc1. The Morgan fingerprint density at radius 1 is 1.04 bits per heavy atom. The zero-order valence-electron chi connectivity index (χ0n) is 15.7. The van der Waals surface area contributed by atoms with Crippen LogP contribution >= 0.6 is 0 Å². The van der Waals surface area contributed by atoms with Gasteiger partial charge in [-0.2, -0.15) is 0 Å². The zero-order valence-corrected chi connectivity index (χ0v) is 15.7. The Balaban J connectivity index is 1.48. The van der Waals surface area contributed by atoms with Crippen LogP contribution in [0.4, 0.5) is 0 Å². The topological polar surface area (TPSA) is 59.6 Å². The van der Waals surface area contributed by atoms with E-state index in [0.717, 1.165) is 48.6 Å². The standard InChI is InChI=1S/C22H26N2O3/c1-26-18-5-2-15(3-6-18)20-9-11-23-10-8-17(20)14-27-19-7-4-16-13-24-22(25)21(16)12-19/h2-7,12,17,20,23H,8-11,13-14H2,1H3,(H,24,25)/t17-,20-/m0/s1. The second kappa shape index (κ2) is 8.01. The molecule has 2 N–H and O–H groups in total. The van der Waals surface area contributed by atoms with Gasteiger partial charge >= 0.3 is 0 Å². The molecule has 1 fully saturated rings. The Morgan fingerprint density at radius 3 is 2.63 bits per heavy atom. The predicted molar refractivity (Wildman–Crippen MR) is 104 cm³/mol. The predicted octanol–water partition coefficient (Wildman–Crippen LogP) is 3.10. The maximum absolute atomic E-state index is 11.9. The largest absolute Gasteiger partial charge is 0.497 e. The van der Waals surface area contributed by atoms with Crippen LogP contribution in [0.1, 0.15) is 40.2 Å². The van der Waals surface area contributed by atoms with Crippen molar-refractivity contribution in [2.24, 2.45) is 5.92 Å². The number of ether oxygens (including phenoxy) is 2. The quantitative estimate of drug-likeness (QED) is 0.854. The summed E-state index contributed by atoms with van der Waals surface area (Å²) < 4.78 is 11.4. The van der Waals surface area contributed by atoms with Crippen LogP contribution in [-0.2, 0) is 6.54 Å². The van der Waals surface area contributed by atoms with Gasteiger partial charge in [0.05, 0.1) is 13.7 Å². The second-order valence-corrected chi connectivity index (χ2v) is 7.28. The van der Waals surface area contributed by atoms with Crippen LogP contribution in [0.2, 0.25) is 0 Å². The fourth-order valence-electron chi connectivity index (χ4n) is 4.08. The average molecular weight is 366 g/mol. The average Bonchev–Trinajstić information content (AvgIpc) is 2.92. The highest BCUT2D eigenvalue weighted by Crippen LogP contribution is 2.33. The lowest BCUT2D eigenvalue weighted by Gasteiger charge is -2.25. The molecule has 0 aromatic heterocycles. The molecule has 1 amide bonds. The summed E-state index contributed by atoms with van der Waals surface area (Å²) in [5.41, 5.74) is 3.12. The molecule has 4 rings (SSSR count). The number of nitrogens with one attached hydrogen (secondary N) is 2. The summed E-state index contributed by atoms with van der Waals surface area (Å²) >= 11 is 0. The van der Waals surface area contributed by atoms with Gasteiger partial charge in [0.2, 0.25) is 0 Å². The van der Waals surface area contributed by atoms with E-state index in [9.17, 15) is 4.79 Å². The summed E-state index contributed by atoms with van der Waals surface area (Å²) in [6.45, 7) is 3.29. The summed E-state index contributed by atoms with van der Waals surface area (Å²) in [6, 6.07) is 14.2. The number of carbonyl (C=O) groups is 1. The fourth-order valence-corrected chi connectivity index (χ4v) is 4.08. The van der Waals surface area contributed by atoms with E-state index in [1.54, 1.807) is 7.11 Å². The summed E-state index contributed by atoms with van der Waals surface area (Å²) in [7, 11) is 1.69. The number of fused-ring (bicyclic) bond motifs is 1. The van der Waals surface area contributed by atoms with E-state index in [-0.39, 0.29) is 5.91 Å². The van der Waals surface area contributed by atoms with Crippen molar-refractivity contribution in [3.8, 4) is 11.5 Å². The lowest BCUT2D eigenvalue weighted by Crippen LogP contribution is -2.21. The summed E-state index contributed by atoms with van der Waals surface area (Å²) in [5, 5.41) is 6.36. The van der Waals surface area contributed by atoms with E-state index < -0.39 is 0 Å². The third kappa shape index (κ3) is 3.93. The second-order valence-electron chi connectivity index (χ2n) is 7.28. The third-order valence-corrected chi connectivity index (χ3v) is 5.67. The highest BCUT2D eigenvalue weighted by molar-refractivity contribution is 5.98. The molecule has 2 atom stereocenters. The van der Waals surface area contributed by atoms with Crippen LogP contribution in [0.3, 0.4) is 0 Å². The summed E-state index contributed by atoms with van der Waals surface area (Å²) in [5.74, 6) is 2.52. The molecule has 2 aromatic rings. The molecular weight excluding hydrogens is 340 g/mol. The van der Waals surface area contributed by atoms with Crippen molar-refractivity contribution in [3.05, 3.63) is 59.2 Å². The van der Waals surface area contributed by atoms with Gasteiger partial charge in [0.15, 0.2) is 0 Å². The van der Waals surface area contributed by atoms with E-state index in [1.165, 1.54) is 5.56 Å². The van der Waals surface area contributed by atoms with Crippen LogP contribution in [0.15, 0.2) is 42.5 Å². The maximum atomic E-state index is 11.9. The molecule has 2 aliphatic heterocycles. The molecule has 0 saturated carbocycles. The molecule has 2 aliphatic rings. The van der Waals surface area contributed by atoms with Crippen molar-refractivity contribution < 1.29 is 14.3 Å². The summed E-state index contributed by atoms with van der Waals surface area (Å²) in [4.78, 5) is 11.9. The molecule has 0 radical (unpaired) electrons. The number of carbonyl (C=O) groups excluding carboxylic acids is 1. The van der Waals surface area contributed by atoms with Gasteiger partial charge in [-0.1, -0.05) is 18.2 Å². The number of benzene rings is 2. The van der Waals surface area contributed by atoms with Gasteiger partial charge in [-0.05, 0) is 67.2 Å². The smallest absolute Gasteiger partial charge is 0.252 e. The van der Waals surface area contributed by atoms with E-state index in [1.807, 2.05) is 30.3 Å². The number of hydrogen-bond acceptors (Lipinski definition) is 4. The van der Waals surface area contributed by atoms with E-state index in [2.05, 4.69) is 22.8 Å². The highest BCUT2D eigenvalue weighted by atomic mass is 16.5. The number of amides is 1. The van der Waals surface area contributed by atoms with Crippen LogP contribution in [0, 0.1) is 5.92 Å². The maximum Gasteiger partial charge on any atom is 0.252 e. The van der Waals surface area contributed by atoms with Crippen molar-refractivity contribution in [1.29, 1.82) is 0 Å². The van der Waals surface area contributed by atoms with E-state index in [4.69, 9.17) is 9.47 Å². The van der Waals surface area contributed by atoms with Gasteiger partial charge in [-0.15, -0.1) is 0 Å². The van der Waals surface area contributed by atoms with Crippen molar-refractivity contribution in [3.63, 3.8) is 0 Å². The first-order valence-corrected chi connectivity index (χ1v) is 9.63. The minimum atomic E-state index is -0.00905. The highest BCUT2D eigenvalue weighted by Gasteiger charge is 2.26. The monoisotopic (exact) mass is 366 g/mol. The van der Waals surface area contributed by atoms with Crippen molar-refractivity contribution in [2.45, 2.75) is 25.3 Å². The van der Waals surface area contributed by atoms with Gasteiger partial charge in [-0.25, -0.2) is 0 Å². The Morgan fingerprint density at radius 2 is 1.81 bits per heavy atom. The molecule has 0 unspecified atom stereocenters. The minimum absolute atomic E-state index is 0.00905. The third-order valence-electron chi connectivity index (χ3n) is 5.67. The first-order valence-electron chi connectivity index (χ1n) is 9.63. The van der Waals surface area contributed by atoms with Crippen molar-refractivity contribution in [2.75, 3.05) is 26.8 Å². The summed E-state index contributed by atoms with van der Waals surface area (Å²) in [6.07, 6.45) is 2.16.